The molecule has 1 rings (SSSR count). The van der Waals surface area contributed by atoms with Crippen molar-refractivity contribution >= 4 is 17.7 Å². The van der Waals surface area contributed by atoms with E-state index in [2.05, 4.69) is 43.4 Å². The summed E-state index contributed by atoms with van der Waals surface area (Å²) in [6, 6.07) is 8.39. The third-order valence-corrected chi connectivity index (χ3v) is 4.16. The summed E-state index contributed by atoms with van der Waals surface area (Å²) in [5, 5.41) is 3.26. The zero-order chi connectivity index (χ0) is 14.3. The second-order valence-electron chi connectivity index (χ2n) is 5.04. The predicted molar refractivity (Wildman–Crippen MR) is 82.4 cm³/mol. The number of hydrogen-bond acceptors (Lipinski definition) is 3. The Labute approximate surface area is 120 Å². The minimum Gasteiger partial charge on any atom is -0.368 e. The standard InChI is InChI=1S/C15H24N2OS/c1-4-9-17-15(3,14(16)18)8-10-19-13-7-5-6-12(2)11-13/h5-7,11,17H,4,8-10H2,1-3H3,(H2,16,18). The van der Waals surface area contributed by atoms with Crippen LogP contribution in [0, 0.1) is 6.92 Å². The SMILES string of the molecule is CCCNC(C)(CCSc1cccc(C)c1)C(N)=O. The number of nitrogens with one attached hydrogen (secondary N) is 1. The molecule has 19 heavy (non-hydrogen) atoms. The van der Waals surface area contributed by atoms with Gasteiger partial charge < -0.3 is 11.1 Å². The van der Waals surface area contributed by atoms with Crippen LogP contribution in [0.4, 0.5) is 0 Å². The summed E-state index contributed by atoms with van der Waals surface area (Å²) in [7, 11) is 0. The number of primary amides is 1. The molecule has 3 nitrogen and oxygen atoms in total. The van der Waals surface area contributed by atoms with Crippen LogP contribution in [0.15, 0.2) is 29.2 Å². The van der Waals surface area contributed by atoms with Gasteiger partial charge in [-0.2, -0.15) is 0 Å². The molecule has 106 valence electrons. The molecule has 0 aliphatic heterocycles. The highest BCUT2D eigenvalue weighted by atomic mass is 32.2. The first-order valence-electron chi connectivity index (χ1n) is 6.72. The second-order valence-corrected chi connectivity index (χ2v) is 6.21. The number of amides is 1. The summed E-state index contributed by atoms with van der Waals surface area (Å²) < 4.78 is 0. The van der Waals surface area contributed by atoms with Crippen molar-refractivity contribution in [2.24, 2.45) is 5.73 Å². The van der Waals surface area contributed by atoms with Gasteiger partial charge in [0.15, 0.2) is 0 Å². The number of hydrogen-bond donors (Lipinski definition) is 2. The topological polar surface area (TPSA) is 55.1 Å². The van der Waals surface area contributed by atoms with Gasteiger partial charge in [-0.05, 0) is 45.4 Å². The molecule has 0 aliphatic rings. The molecule has 0 heterocycles. The molecule has 1 amide bonds. The van der Waals surface area contributed by atoms with Crippen LogP contribution in [-0.4, -0.2) is 23.7 Å². The lowest BCUT2D eigenvalue weighted by molar-refractivity contribution is -0.123. The fraction of sp³-hybridized carbons (Fsp3) is 0.533. The van der Waals surface area contributed by atoms with Gasteiger partial charge in [-0.25, -0.2) is 0 Å². The Balaban J connectivity index is 2.50. The van der Waals surface area contributed by atoms with Crippen LogP contribution in [0.25, 0.3) is 0 Å². The highest BCUT2D eigenvalue weighted by Crippen LogP contribution is 2.22. The van der Waals surface area contributed by atoms with E-state index < -0.39 is 5.54 Å². The summed E-state index contributed by atoms with van der Waals surface area (Å²) in [5.41, 5.74) is 6.16. The van der Waals surface area contributed by atoms with Gasteiger partial charge in [0.2, 0.25) is 5.91 Å². The second kappa shape index (κ2) is 7.56. The maximum Gasteiger partial charge on any atom is 0.237 e. The van der Waals surface area contributed by atoms with E-state index in [0.717, 1.165) is 25.1 Å². The molecule has 0 bridgehead atoms. The highest BCUT2D eigenvalue weighted by molar-refractivity contribution is 7.99. The number of thioether (sulfide) groups is 1. The Morgan fingerprint density at radius 1 is 1.47 bits per heavy atom. The number of benzene rings is 1. The van der Waals surface area contributed by atoms with E-state index in [1.54, 1.807) is 11.8 Å². The van der Waals surface area contributed by atoms with Crippen LogP contribution < -0.4 is 11.1 Å². The summed E-state index contributed by atoms with van der Waals surface area (Å²) in [5.74, 6) is 0.602. The Morgan fingerprint density at radius 3 is 2.79 bits per heavy atom. The summed E-state index contributed by atoms with van der Waals surface area (Å²) in [4.78, 5) is 12.8. The number of rotatable bonds is 8. The van der Waals surface area contributed by atoms with Crippen LogP contribution in [-0.2, 0) is 4.79 Å². The van der Waals surface area contributed by atoms with Crippen molar-refractivity contribution in [2.75, 3.05) is 12.3 Å². The van der Waals surface area contributed by atoms with Crippen LogP contribution in [0.5, 0.6) is 0 Å². The van der Waals surface area contributed by atoms with Gasteiger partial charge in [-0.3, -0.25) is 4.79 Å². The average molecular weight is 280 g/mol. The molecule has 3 N–H and O–H groups in total. The van der Waals surface area contributed by atoms with E-state index in [4.69, 9.17) is 5.73 Å². The van der Waals surface area contributed by atoms with Crippen LogP contribution in [0.3, 0.4) is 0 Å². The summed E-state index contributed by atoms with van der Waals surface area (Å²) in [6.07, 6.45) is 1.73. The van der Waals surface area contributed by atoms with E-state index in [1.807, 2.05) is 6.92 Å². The molecule has 1 atom stereocenters. The Hall–Kier alpha value is -1.00. The number of nitrogens with two attached hydrogens (primary N) is 1. The molecule has 0 fully saturated rings. The lowest BCUT2D eigenvalue weighted by atomic mass is 9.98. The molecule has 0 spiro atoms. The molecule has 1 unspecified atom stereocenters. The number of carbonyl (C=O) groups excluding carboxylic acids is 1. The lowest BCUT2D eigenvalue weighted by Gasteiger charge is -2.27. The monoisotopic (exact) mass is 280 g/mol. The van der Waals surface area contributed by atoms with Crippen molar-refractivity contribution < 1.29 is 4.79 Å². The van der Waals surface area contributed by atoms with Crippen molar-refractivity contribution in [3.05, 3.63) is 29.8 Å². The Bertz CT molecular complexity index is 422. The van der Waals surface area contributed by atoms with Gasteiger partial charge in [0.25, 0.3) is 0 Å². The lowest BCUT2D eigenvalue weighted by Crippen LogP contribution is -2.53. The molecule has 0 aromatic heterocycles. The zero-order valence-electron chi connectivity index (χ0n) is 12.0. The van der Waals surface area contributed by atoms with E-state index in [0.29, 0.717) is 0 Å². The minimum atomic E-state index is -0.604. The van der Waals surface area contributed by atoms with Crippen LogP contribution >= 0.6 is 11.8 Å². The van der Waals surface area contributed by atoms with Gasteiger partial charge in [0.1, 0.15) is 0 Å². The summed E-state index contributed by atoms with van der Waals surface area (Å²) in [6.45, 7) is 6.87. The quantitative estimate of drug-likeness (QED) is 0.720. The molecule has 4 heteroatoms. The highest BCUT2D eigenvalue weighted by Gasteiger charge is 2.29. The molecule has 0 aliphatic carbocycles. The molecular weight excluding hydrogens is 256 g/mol. The first kappa shape index (κ1) is 16.1. The Morgan fingerprint density at radius 2 is 2.21 bits per heavy atom. The van der Waals surface area contributed by atoms with Crippen molar-refractivity contribution in [1.29, 1.82) is 0 Å². The number of carbonyl (C=O) groups is 1. The van der Waals surface area contributed by atoms with Crippen molar-refractivity contribution in [3.63, 3.8) is 0 Å². The molecular formula is C15H24N2OS. The first-order valence-corrected chi connectivity index (χ1v) is 7.71. The number of aryl methyl sites for hydroxylation is 1. The fourth-order valence-corrected chi connectivity index (χ4v) is 2.97. The van der Waals surface area contributed by atoms with E-state index in [9.17, 15) is 4.79 Å². The Kier molecular flexibility index (Phi) is 6.38. The predicted octanol–water partition coefficient (Wildman–Crippen LogP) is 2.72. The summed E-state index contributed by atoms with van der Waals surface area (Å²) >= 11 is 1.76. The van der Waals surface area contributed by atoms with E-state index in [1.165, 1.54) is 10.5 Å². The third-order valence-electron chi connectivity index (χ3n) is 3.17. The van der Waals surface area contributed by atoms with E-state index >= 15 is 0 Å². The van der Waals surface area contributed by atoms with Crippen LogP contribution in [0.2, 0.25) is 0 Å². The average Bonchev–Trinajstić information content (AvgIpc) is 2.36. The van der Waals surface area contributed by atoms with E-state index in [-0.39, 0.29) is 5.91 Å². The van der Waals surface area contributed by atoms with Gasteiger partial charge in [0, 0.05) is 10.6 Å². The van der Waals surface area contributed by atoms with Crippen molar-refractivity contribution in [1.82, 2.24) is 5.32 Å². The molecule has 0 radical (unpaired) electrons. The molecule has 0 saturated heterocycles. The van der Waals surface area contributed by atoms with Crippen molar-refractivity contribution in [3.8, 4) is 0 Å². The molecule has 1 aromatic rings. The molecule has 0 saturated carbocycles. The largest absolute Gasteiger partial charge is 0.368 e. The first-order chi connectivity index (χ1) is 8.98. The van der Waals surface area contributed by atoms with Gasteiger partial charge in [-0.1, -0.05) is 24.6 Å². The maximum absolute atomic E-state index is 11.6. The van der Waals surface area contributed by atoms with Gasteiger partial charge >= 0.3 is 0 Å². The van der Waals surface area contributed by atoms with Gasteiger partial charge in [-0.15, -0.1) is 11.8 Å². The zero-order valence-corrected chi connectivity index (χ0v) is 12.8. The van der Waals surface area contributed by atoms with Gasteiger partial charge in [0.05, 0.1) is 5.54 Å². The third kappa shape index (κ3) is 5.25. The maximum atomic E-state index is 11.6. The minimum absolute atomic E-state index is 0.272. The smallest absolute Gasteiger partial charge is 0.237 e. The van der Waals surface area contributed by atoms with Crippen LogP contribution in [0.1, 0.15) is 32.3 Å². The fourth-order valence-electron chi connectivity index (χ4n) is 1.78. The molecule has 1 aromatic carbocycles. The normalized spacial score (nSPS) is 14.1. The van der Waals surface area contributed by atoms with Crippen molar-refractivity contribution in [2.45, 2.75) is 44.0 Å².